The van der Waals surface area contributed by atoms with Crippen LogP contribution in [0.15, 0.2) is 16.5 Å². The number of rotatable bonds is 10. The van der Waals surface area contributed by atoms with Gasteiger partial charge in [-0.15, -0.1) is 11.3 Å². The molecule has 0 saturated carbocycles. The predicted molar refractivity (Wildman–Crippen MR) is 111 cm³/mol. The lowest BCUT2D eigenvalue weighted by atomic mass is 10.3. The van der Waals surface area contributed by atoms with Gasteiger partial charge in [0, 0.05) is 18.8 Å². The zero-order valence-corrected chi connectivity index (χ0v) is 21.2. The van der Waals surface area contributed by atoms with Gasteiger partial charge in [-0.1, -0.05) is 4.89 Å². The molecule has 0 radical (unpaired) electrons. The maximum atomic E-state index is 12.2. The Hall–Kier alpha value is -2.05. The quantitative estimate of drug-likeness (QED) is 0.211. The number of fused-ring (bicyclic) bond motifs is 1. The van der Waals surface area contributed by atoms with Crippen LogP contribution in [-0.2, 0) is 24.0 Å². The molecule has 0 saturated heterocycles. The number of alkyl halides is 3. The molecule has 0 amide bonds. The molecule has 0 aliphatic carbocycles. The number of carboxylic acids is 1. The van der Waals surface area contributed by atoms with E-state index < -0.39 is 29.8 Å². The van der Waals surface area contributed by atoms with Gasteiger partial charge >= 0.3 is 6.18 Å². The van der Waals surface area contributed by atoms with Gasteiger partial charge in [-0.3, -0.25) is 0 Å². The van der Waals surface area contributed by atoms with Crippen molar-refractivity contribution in [1.29, 1.82) is 0 Å². The first-order valence-corrected chi connectivity index (χ1v) is 13.7. The first-order valence-electron chi connectivity index (χ1n) is 9.45. The van der Waals surface area contributed by atoms with Gasteiger partial charge in [0.05, 0.1) is 10.2 Å². The minimum absolute atomic E-state index is 0.0276. The van der Waals surface area contributed by atoms with Crippen molar-refractivity contribution in [2.24, 2.45) is 0 Å². The molecule has 35 heavy (non-hydrogen) atoms. The van der Waals surface area contributed by atoms with Crippen LogP contribution in [0.5, 0.6) is 11.5 Å². The molecule has 0 aliphatic heterocycles. The van der Waals surface area contributed by atoms with E-state index in [0.29, 0.717) is 34.9 Å². The number of benzene rings is 1. The summed E-state index contributed by atoms with van der Waals surface area (Å²) < 4.78 is 82.8. The average Bonchev–Trinajstić information content (AvgIpc) is 3.12. The van der Waals surface area contributed by atoms with Crippen LogP contribution in [0.1, 0.15) is 13.8 Å². The van der Waals surface area contributed by atoms with Gasteiger partial charge < -0.3 is 40.3 Å². The Balaban J connectivity index is 0.000000762. The van der Waals surface area contributed by atoms with Gasteiger partial charge in [0.2, 0.25) is 4.34 Å². The average molecular weight is 568 g/mol. The normalized spacial score (nSPS) is 15.5. The number of hydrogen-bond acceptors (Lipinski definition) is 11. The van der Waals surface area contributed by atoms with Crippen LogP contribution in [0.25, 0.3) is 10.2 Å². The van der Waals surface area contributed by atoms with Crippen LogP contribution < -0.4 is 35.8 Å². The Labute approximate surface area is 201 Å². The largest absolute Gasteiger partial charge is 0.777 e. The van der Waals surface area contributed by atoms with Crippen molar-refractivity contribution in [2.75, 3.05) is 19.9 Å². The van der Waals surface area contributed by atoms with Crippen molar-refractivity contribution < 1.29 is 66.5 Å². The van der Waals surface area contributed by atoms with Gasteiger partial charge in [0.15, 0.2) is 19.1 Å². The van der Waals surface area contributed by atoms with Gasteiger partial charge in [0.25, 0.3) is 10.0 Å². The molecule has 0 spiro atoms. The van der Waals surface area contributed by atoms with Crippen LogP contribution in [0.2, 0.25) is 0 Å². The maximum Gasteiger partial charge on any atom is 0.430 e. The number of aromatic nitrogens is 1. The summed E-state index contributed by atoms with van der Waals surface area (Å²) in [7, 11) is -8.56. The molecular formula is C16H24F3N4O9PS2. The highest BCUT2D eigenvalue weighted by atomic mass is 32.2. The van der Waals surface area contributed by atoms with E-state index in [9.17, 15) is 31.0 Å². The molecule has 200 valence electrons. The summed E-state index contributed by atoms with van der Waals surface area (Å²) in [6.45, 7) is 5.20. The zero-order valence-electron chi connectivity index (χ0n) is 18.7. The molecule has 3 unspecified atom stereocenters. The van der Waals surface area contributed by atoms with Gasteiger partial charge in [-0.2, -0.15) is 13.2 Å². The summed E-state index contributed by atoms with van der Waals surface area (Å²) in [5.41, 5.74) is 8.07. The maximum absolute atomic E-state index is 12.2. The minimum Gasteiger partial charge on any atom is -0.777 e. The number of nitrogens with one attached hydrogen (secondary N) is 1. The third-order valence-electron chi connectivity index (χ3n) is 3.26. The number of carboxylic acid groups (broad SMARTS) is 1. The number of nitrogens with zero attached hydrogens (tertiary/aromatic N) is 1. The second-order valence-electron chi connectivity index (χ2n) is 7.31. The molecular weight excluding hydrogens is 544 g/mol. The van der Waals surface area contributed by atoms with Gasteiger partial charge in [-0.05, 0) is 13.8 Å². The number of halogens is 3. The van der Waals surface area contributed by atoms with Gasteiger partial charge in [-0.25, -0.2) is 18.0 Å². The van der Waals surface area contributed by atoms with Crippen molar-refractivity contribution in [3.63, 3.8) is 0 Å². The van der Waals surface area contributed by atoms with Gasteiger partial charge in [0.1, 0.15) is 31.3 Å². The van der Waals surface area contributed by atoms with E-state index in [-0.39, 0.29) is 16.4 Å². The van der Waals surface area contributed by atoms with Crippen molar-refractivity contribution in [1.82, 2.24) is 9.87 Å². The van der Waals surface area contributed by atoms with Crippen molar-refractivity contribution >= 4 is 45.1 Å². The zero-order chi connectivity index (χ0) is 27.2. The summed E-state index contributed by atoms with van der Waals surface area (Å²) in [4.78, 5) is 25.4. The molecule has 3 atom stereocenters. The molecule has 1 heterocycles. The highest BCUT2D eigenvalue weighted by molar-refractivity contribution is 7.91. The molecule has 19 heteroatoms. The topological polar surface area (TPSA) is 222 Å². The summed E-state index contributed by atoms with van der Waals surface area (Å²) in [5, 5.41) is 8.78. The first kappa shape index (κ1) is 31.0. The number of ether oxygens (including phenoxy) is 2. The number of hydrogen-bond donors (Lipinski definition) is 3. The third kappa shape index (κ3) is 11.0. The smallest absolute Gasteiger partial charge is 0.430 e. The number of carbonyl (C=O) groups excluding carboxylic acids is 1. The minimum atomic E-state index is -5.19. The van der Waals surface area contributed by atoms with E-state index in [1.807, 2.05) is 13.8 Å². The standard InChI is InChI=1S/C14H23N4O7PS2.C2HF3O2/c1-8(15)6-23-11-4-10-13(5-12(11)24-7-9(2)16)27-14(17-10)28(21,22)18-25-26(3,19)20;3-2(4,5)1(6)7/h4-5,8-9,18H,6-7,15-16H2,1-3H3,(H,19,20);(H,6,7). The van der Waals surface area contributed by atoms with Crippen LogP contribution in [-0.4, -0.2) is 57.5 Å². The van der Waals surface area contributed by atoms with E-state index >= 15 is 0 Å². The number of thiazole rings is 1. The van der Waals surface area contributed by atoms with Crippen LogP contribution >= 0.6 is 18.9 Å². The van der Waals surface area contributed by atoms with Crippen LogP contribution in [0.3, 0.4) is 0 Å². The van der Waals surface area contributed by atoms with Crippen molar-refractivity contribution in [3.8, 4) is 11.5 Å². The molecule has 1 aromatic heterocycles. The molecule has 0 bridgehead atoms. The summed E-state index contributed by atoms with van der Waals surface area (Å²) in [6.07, 6.45) is -5.19. The van der Waals surface area contributed by atoms with E-state index in [1.54, 1.807) is 17.0 Å². The molecule has 7 N–H and O–H groups in total. The monoisotopic (exact) mass is 568 g/mol. The number of aliphatic carboxylic acids is 1. The number of carbonyl (C=O) groups is 1. The fourth-order valence-electron chi connectivity index (χ4n) is 1.87. The fraction of sp³-hybridized carbons (Fsp3) is 0.500. The Morgan fingerprint density at radius 2 is 1.66 bits per heavy atom. The lowest BCUT2D eigenvalue weighted by molar-refractivity contribution is -0.418. The molecule has 2 rings (SSSR count). The first-order chi connectivity index (χ1) is 15.8. The lowest BCUT2D eigenvalue weighted by Gasteiger charge is -2.16. The second-order valence-corrected chi connectivity index (χ2v) is 11.9. The summed E-state index contributed by atoms with van der Waals surface area (Å²) in [5.74, 6) is -2.18. The van der Waals surface area contributed by atoms with E-state index in [0.717, 1.165) is 18.0 Å². The summed E-state index contributed by atoms with van der Waals surface area (Å²) in [6, 6.07) is 3.25. The highest BCUT2D eigenvalue weighted by Crippen LogP contribution is 2.37. The fourth-order valence-corrected chi connectivity index (χ4v) is 4.61. The molecule has 0 fully saturated rings. The molecule has 13 nitrogen and oxygen atoms in total. The Bertz CT molecular complexity index is 1120. The Morgan fingerprint density at radius 1 is 1.20 bits per heavy atom. The number of quaternary nitrogens is 2. The van der Waals surface area contributed by atoms with E-state index in [2.05, 4.69) is 21.1 Å². The van der Waals surface area contributed by atoms with Crippen LogP contribution in [0, 0.1) is 0 Å². The van der Waals surface area contributed by atoms with Crippen molar-refractivity contribution in [2.45, 2.75) is 36.4 Å². The lowest BCUT2D eigenvalue weighted by Crippen LogP contribution is -2.62. The highest BCUT2D eigenvalue weighted by Gasteiger charge is 2.29. The van der Waals surface area contributed by atoms with Crippen molar-refractivity contribution in [3.05, 3.63) is 12.1 Å². The SMILES string of the molecule is CC([NH3+])COc1cc2nc(S(=O)(=O)NOP(C)(=O)[O-])sc2cc1OCC(C)[NH3+].O=C([O-])C(F)(F)F. The Morgan fingerprint density at radius 3 is 2.06 bits per heavy atom. The molecule has 2 aromatic rings. The summed E-state index contributed by atoms with van der Waals surface area (Å²) >= 11 is 0.839. The Kier molecular flexibility index (Phi) is 10.9. The third-order valence-corrected chi connectivity index (χ3v) is 6.38. The predicted octanol–water partition coefficient (Wildman–Crippen LogP) is -1.99. The van der Waals surface area contributed by atoms with E-state index in [1.165, 1.54) is 0 Å². The number of sulfonamides is 1. The van der Waals surface area contributed by atoms with E-state index in [4.69, 9.17) is 19.4 Å². The molecule has 1 aromatic carbocycles. The second kappa shape index (κ2) is 12.3. The molecule has 0 aliphatic rings. The van der Waals surface area contributed by atoms with Crippen LogP contribution in [0.4, 0.5) is 13.2 Å².